The lowest BCUT2D eigenvalue weighted by molar-refractivity contribution is -0.125. The van der Waals surface area contributed by atoms with Crippen LogP contribution in [0, 0.1) is 0 Å². The van der Waals surface area contributed by atoms with Crippen LogP contribution in [0.1, 0.15) is 38.0 Å². The van der Waals surface area contributed by atoms with Crippen molar-refractivity contribution in [1.29, 1.82) is 0 Å². The Hall–Kier alpha value is -1.67. The Balaban J connectivity index is 1.55. The van der Waals surface area contributed by atoms with Gasteiger partial charge in [0, 0.05) is 39.1 Å². The van der Waals surface area contributed by atoms with Crippen molar-refractivity contribution in [3.8, 4) is 0 Å². The number of carbonyl (C=O) groups is 1. The van der Waals surface area contributed by atoms with E-state index in [0.717, 1.165) is 39.1 Å². The molecule has 0 aromatic carbocycles. The van der Waals surface area contributed by atoms with Crippen molar-refractivity contribution in [1.82, 2.24) is 20.4 Å². The fourth-order valence-electron chi connectivity index (χ4n) is 3.71. The minimum Gasteiger partial charge on any atom is -0.379 e. The van der Waals surface area contributed by atoms with Gasteiger partial charge in [0.2, 0.25) is 11.8 Å². The van der Waals surface area contributed by atoms with Gasteiger partial charge in [0.25, 0.3) is 5.95 Å². The first-order chi connectivity index (χ1) is 11.6. The molecular weight excluding hydrogens is 310 g/mol. The number of carbonyl (C=O) groups excluding carboxylic acids is 1. The molecule has 0 bridgehead atoms. The minimum absolute atomic E-state index is 0.00248. The molecule has 1 saturated carbocycles. The molecule has 1 aliphatic heterocycles. The Bertz CT molecular complexity index is 548. The number of rotatable bonds is 6. The van der Waals surface area contributed by atoms with Gasteiger partial charge in [-0.1, -0.05) is 12.8 Å². The predicted molar refractivity (Wildman–Crippen MR) is 88.7 cm³/mol. The van der Waals surface area contributed by atoms with E-state index >= 15 is 0 Å². The molecule has 2 fully saturated rings. The van der Waals surface area contributed by atoms with Gasteiger partial charge in [-0.25, -0.2) is 0 Å². The highest BCUT2D eigenvalue weighted by atomic mass is 16.5. The zero-order valence-corrected chi connectivity index (χ0v) is 14.6. The van der Waals surface area contributed by atoms with Gasteiger partial charge in [-0.15, -0.1) is 0 Å². The van der Waals surface area contributed by atoms with Crippen molar-refractivity contribution in [2.24, 2.45) is 0 Å². The van der Waals surface area contributed by atoms with Crippen LogP contribution < -0.4 is 10.2 Å². The summed E-state index contributed by atoms with van der Waals surface area (Å²) < 4.78 is 10.6. The van der Waals surface area contributed by atoms with Crippen molar-refractivity contribution < 1.29 is 14.1 Å². The first-order valence-corrected chi connectivity index (χ1v) is 8.68. The summed E-state index contributed by atoms with van der Waals surface area (Å²) in [6.45, 7) is 3.64. The second-order valence-corrected chi connectivity index (χ2v) is 6.87. The van der Waals surface area contributed by atoms with Crippen LogP contribution in [0.15, 0.2) is 4.52 Å². The van der Waals surface area contributed by atoms with E-state index in [1.54, 1.807) is 4.90 Å². The van der Waals surface area contributed by atoms with Crippen molar-refractivity contribution in [2.45, 2.75) is 44.2 Å². The first-order valence-electron chi connectivity index (χ1n) is 8.68. The van der Waals surface area contributed by atoms with Crippen molar-refractivity contribution in [2.75, 3.05) is 45.3 Å². The number of ether oxygens (including phenoxy) is 1. The Morgan fingerprint density at radius 3 is 2.62 bits per heavy atom. The maximum atomic E-state index is 12.5. The van der Waals surface area contributed by atoms with Crippen molar-refractivity contribution in [3.05, 3.63) is 5.89 Å². The topological polar surface area (TPSA) is 83.7 Å². The largest absolute Gasteiger partial charge is 0.379 e. The monoisotopic (exact) mass is 337 g/mol. The molecule has 1 saturated heterocycles. The molecule has 0 spiro atoms. The molecule has 24 heavy (non-hydrogen) atoms. The summed E-state index contributed by atoms with van der Waals surface area (Å²) in [6, 6.07) is 0. The summed E-state index contributed by atoms with van der Waals surface area (Å²) in [5, 5.41) is 6.78. The molecular formula is C16H27N5O3. The average molecular weight is 337 g/mol. The van der Waals surface area contributed by atoms with E-state index in [1.807, 2.05) is 14.1 Å². The lowest BCUT2D eigenvalue weighted by Gasteiger charge is -2.43. The molecule has 1 aromatic rings. The smallest absolute Gasteiger partial charge is 0.265 e. The molecule has 0 unspecified atom stereocenters. The summed E-state index contributed by atoms with van der Waals surface area (Å²) in [6.07, 6.45) is 5.10. The minimum atomic E-state index is -0.00248. The van der Waals surface area contributed by atoms with E-state index in [-0.39, 0.29) is 18.0 Å². The second kappa shape index (κ2) is 7.48. The predicted octanol–water partition coefficient (Wildman–Crippen LogP) is 0.787. The van der Waals surface area contributed by atoms with Gasteiger partial charge >= 0.3 is 0 Å². The molecule has 1 N–H and O–H groups in total. The molecule has 134 valence electrons. The third-order valence-corrected chi connectivity index (χ3v) is 5.00. The average Bonchev–Trinajstić information content (AvgIpc) is 3.24. The lowest BCUT2D eigenvalue weighted by Crippen LogP contribution is -2.53. The third kappa shape index (κ3) is 3.87. The van der Waals surface area contributed by atoms with Crippen LogP contribution in [0.5, 0.6) is 0 Å². The number of hydrogen-bond acceptors (Lipinski definition) is 7. The Morgan fingerprint density at radius 2 is 2.00 bits per heavy atom. The molecule has 2 heterocycles. The highest BCUT2D eigenvalue weighted by Gasteiger charge is 2.41. The Labute approximate surface area is 142 Å². The quantitative estimate of drug-likeness (QED) is 0.821. The Morgan fingerprint density at radius 1 is 1.29 bits per heavy atom. The van der Waals surface area contributed by atoms with Crippen LogP contribution in [0.3, 0.4) is 0 Å². The van der Waals surface area contributed by atoms with Crippen LogP contribution in [-0.4, -0.2) is 66.9 Å². The van der Waals surface area contributed by atoms with Crippen molar-refractivity contribution in [3.63, 3.8) is 0 Å². The molecule has 8 heteroatoms. The molecule has 8 nitrogen and oxygen atoms in total. The van der Waals surface area contributed by atoms with Gasteiger partial charge < -0.3 is 19.5 Å². The number of hydrogen-bond donors (Lipinski definition) is 1. The molecule has 0 radical (unpaired) electrons. The molecule has 0 atom stereocenters. The fraction of sp³-hybridized carbons (Fsp3) is 0.812. The van der Waals surface area contributed by atoms with E-state index in [1.165, 1.54) is 12.8 Å². The fourth-order valence-corrected chi connectivity index (χ4v) is 3.71. The van der Waals surface area contributed by atoms with Crippen LogP contribution >= 0.6 is 0 Å². The lowest BCUT2D eigenvalue weighted by atomic mass is 9.90. The molecule has 2 aliphatic rings. The highest BCUT2D eigenvalue weighted by Crippen LogP contribution is 2.38. The van der Waals surface area contributed by atoms with E-state index in [4.69, 9.17) is 9.26 Å². The van der Waals surface area contributed by atoms with E-state index < -0.39 is 0 Å². The summed E-state index contributed by atoms with van der Waals surface area (Å²) in [5.74, 6) is 0.992. The van der Waals surface area contributed by atoms with Gasteiger partial charge in [0.1, 0.15) is 0 Å². The zero-order valence-electron chi connectivity index (χ0n) is 14.6. The number of morpholine rings is 1. The van der Waals surface area contributed by atoms with Crippen LogP contribution in [0.2, 0.25) is 0 Å². The maximum absolute atomic E-state index is 12.5. The van der Waals surface area contributed by atoms with Gasteiger partial charge in [-0.05, 0) is 18.0 Å². The number of nitrogens with one attached hydrogen (secondary N) is 1. The molecule has 3 rings (SSSR count). The highest BCUT2D eigenvalue weighted by molar-refractivity contribution is 5.77. The SMILES string of the molecule is CN(C)c1noc(CNC(=O)CC2(N3CCOCC3)CCCC2)n1. The zero-order chi connectivity index (χ0) is 17.0. The molecule has 1 amide bonds. The number of amides is 1. The van der Waals surface area contributed by atoms with Crippen LogP contribution in [0.25, 0.3) is 0 Å². The van der Waals surface area contributed by atoms with Crippen molar-refractivity contribution >= 4 is 11.9 Å². The maximum Gasteiger partial charge on any atom is 0.265 e. The summed E-state index contributed by atoms with van der Waals surface area (Å²) >= 11 is 0. The van der Waals surface area contributed by atoms with Crippen LogP contribution in [0.4, 0.5) is 5.95 Å². The standard InChI is InChI=1S/C16H27N5O3/c1-20(2)15-18-14(24-19-15)12-17-13(22)11-16(5-3-4-6-16)21-7-9-23-10-8-21/h3-12H2,1-2H3,(H,17,22). The second-order valence-electron chi connectivity index (χ2n) is 6.87. The third-order valence-electron chi connectivity index (χ3n) is 5.00. The van der Waals surface area contributed by atoms with Gasteiger partial charge in [-0.2, -0.15) is 4.98 Å². The molecule has 1 aliphatic carbocycles. The van der Waals surface area contributed by atoms with Gasteiger partial charge in [-0.3, -0.25) is 9.69 Å². The summed E-state index contributed by atoms with van der Waals surface area (Å²) in [7, 11) is 3.69. The summed E-state index contributed by atoms with van der Waals surface area (Å²) in [4.78, 5) is 20.9. The number of aromatic nitrogens is 2. The normalized spacial score (nSPS) is 20.9. The van der Waals surface area contributed by atoms with E-state index in [2.05, 4.69) is 20.4 Å². The number of anilines is 1. The number of nitrogens with zero attached hydrogens (tertiary/aromatic N) is 4. The van der Waals surface area contributed by atoms with E-state index in [9.17, 15) is 4.79 Å². The van der Waals surface area contributed by atoms with Gasteiger partial charge in [0.15, 0.2) is 0 Å². The molecule has 1 aromatic heterocycles. The Kier molecular flexibility index (Phi) is 5.35. The van der Waals surface area contributed by atoms with Gasteiger partial charge in [0.05, 0.1) is 19.8 Å². The summed E-state index contributed by atoms with van der Waals surface area (Å²) in [5.41, 5.74) is -0.00248. The van der Waals surface area contributed by atoms with E-state index in [0.29, 0.717) is 18.3 Å². The first kappa shape index (κ1) is 17.2. The van der Waals surface area contributed by atoms with Crippen LogP contribution in [-0.2, 0) is 16.1 Å².